The Morgan fingerprint density at radius 3 is 0.765 bits per heavy atom. The van der Waals surface area contributed by atoms with Crippen LogP contribution in [0.4, 0.5) is 0 Å². The molecule has 0 aliphatic carbocycles. The van der Waals surface area contributed by atoms with E-state index in [2.05, 4.69) is 81.5 Å². The van der Waals surface area contributed by atoms with Gasteiger partial charge >= 0.3 is 17.9 Å². The zero-order valence-electron chi connectivity index (χ0n) is 54.3. The van der Waals surface area contributed by atoms with Gasteiger partial charge < -0.3 is 14.2 Å². The largest absolute Gasteiger partial charge is 0.462 e. The van der Waals surface area contributed by atoms with Gasteiger partial charge in [0.25, 0.3) is 0 Å². The van der Waals surface area contributed by atoms with Gasteiger partial charge in [0, 0.05) is 19.3 Å². The first-order chi connectivity index (χ1) is 40.0. The Labute approximate surface area is 504 Å². The molecule has 0 heterocycles. The Hall–Kier alpha value is -2.89. The van der Waals surface area contributed by atoms with Crippen LogP contribution >= 0.6 is 0 Å². The number of ether oxygens (including phenoxy) is 3. The van der Waals surface area contributed by atoms with Gasteiger partial charge in [-0.1, -0.05) is 338 Å². The molecule has 0 radical (unpaired) electrons. The van der Waals surface area contributed by atoms with Gasteiger partial charge in [0.05, 0.1) is 0 Å². The molecule has 0 aliphatic rings. The van der Waals surface area contributed by atoms with Crippen LogP contribution in [0.3, 0.4) is 0 Å². The second kappa shape index (κ2) is 69.6. The van der Waals surface area contributed by atoms with Gasteiger partial charge in [-0.3, -0.25) is 14.4 Å². The Bertz CT molecular complexity index is 1440. The van der Waals surface area contributed by atoms with Gasteiger partial charge in [0.15, 0.2) is 6.10 Å². The highest BCUT2D eigenvalue weighted by Crippen LogP contribution is 2.18. The molecule has 6 heteroatoms. The summed E-state index contributed by atoms with van der Waals surface area (Å²) in [7, 11) is 0. The number of hydrogen-bond donors (Lipinski definition) is 0. The van der Waals surface area contributed by atoms with E-state index in [4.69, 9.17) is 14.2 Å². The van der Waals surface area contributed by atoms with Crippen LogP contribution in [0.1, 0.15) is 380 Å². The third-order valence-corrected chi connectivity index (χ3v) is 16.0. The Morgan fingerprint density at radius 2 is 0.481 bits per heavy atom. The molecule has 0 aromatic rings. The maximum Gasteiger partial charge on any atom is 0.306 e. The normalized spacial score (nSPS) is 12.4. The van der Waals surface area contributed by atoms with Gasteiger partial charge in [-0.25, -0.2) is 0 Å². The molecule has 0 spiro atoms. The third-order valence-electron chi connectivity index (χ3n) is 16.0. The van der Waals surface area contributed by atoms with Gasteiger partial charge in [-0.15, -0.1) is 0 Å². The SMILES string of the molecule is CC/C=C\C/C=C\C/C=C\C/C=C\CCCCCCCCCCCCCCC(=O)OCC(COC(=O)CCCCCCCCCCCCCCCCCCC)OC(=O)CCCCCCCCCCC/C=C\CCCCCCCCCC. The van der Waals surface area contributed by atoms with Crippen molar-refractivity contribution in [3.05, 3.63) is 60.8 Å². The van der Waals surface area contributed by atoms with Gasteiger partial charge in [0.1, 0.15) is 13.2 Å². The molecule has 0 aliphatic heterocycles. The summed E-state index contributed by atoms with van der Waals surface area (Å²) in [5.74, 6) is -0.847. The molecule has 0 saturated heterocycles. The summed E-state index contributed by atoms with van der Waals surface area (Å²) in [4.78, 5) is 38.5. The van der Waals surface area contributed by atoms with E-state index >= 15 is 0 Å². The number of rotatable bonds is 66. The van der Waals surface area contributed by atoms with Crippen molar-refractivity contribution >= 4 is 17.9 Å². The topological polar surface area (TPSA) is 78.9 Å². The Morgan fingerprint density at radius 1 is 0.259 bits per heavy atom. The van der Waals surface area contributed by atoms with E-state index in [1.165, 1.54) is 257 Å². The second-order valence-corrected chi connectivity index (χ2v) is 24.1. The molecular formula is C75H136O6. The molecule has 0 aromatic heterocycles. The van der Waals surface area contributed by atoms with Gasteiger partial charge in [-0.2, -0.15) is 0 Å². The van der Waals surface area contributed by atoms with E-state index in [-0.39, 0.29) is 31.1 Å². The van der Waals surface area contributed by atoms with Crippen molar-refractivity contribution in [2.45, 2.75) is 386 Å². The average Bonchev–Trinajstić information content (AvgIpc) is 3.47. The summed E-state index contributed by atoms with van der Waals surface area (Å²) >= 11 is 0. The predicted molar refractivity (Wildman–Crippen MR) is 353 cm³/mol. The van der Waals surface area contributed by atoms with Gasteiger partial charge in [0.2, 0.25) is 0 Å². The van der Waals surface area contributed by atoms with E-state index in [1.807, 2.05) is 0 Å². The smallest absolute Gasteiger partial charge is 0.306 e. The average molecular weight is 1130 g/mol. The lowest BCUT2D eigenvalue weighted by atomic mass is 10.0. The summed E-state index contributed by atoms with van der Waals surface area (Å²) in [6.45, 7) is 6.60. The lowest BCUT2D eigenvalue weighted by Gasteiger charge is -2.18. The molecule has 0 aromatic carbocycles. The Kier molecular flexibility index (Phi) is 67.1. The number of unbranched alkanes of at least 4 members (excludes halogenated alkanes) is 45. The summed E-state index contributed by atoms with van der Waals surface area (Å²) in [5.41, 5.74) is 0. The lowest BCUT2D eigenvalue weighted by Crippen LogP contribution is -2.30. The molecule has 0 saturated carbocycles. The van der Waals surface area contributed by atoms with Crippen LogP contribution in [0.2, 0.25) is 0 Å². The molecule has 81 heavy (non-hydrogen) atoms. The first-order valence-corrected chi connectivity index (χ1v) is 35.8. The maximum absolute atomic E-state index is 13.0. The Balaban J connectivity index is 4.31. The van der Waals surface area contributed by atoms with Crippen LogP contribution in [0.15, 0.2) is 60.8 Å². The molecular weight excluding hydrogens is 997 g/mol. The molecule has 1 unspecified atom stereocenters. The quantitative estimate of drug-likeness (QED) is 0.0261. The van der Waals surface area contributed by atoms with Crippen molar-refractivity contribution in [3.63, 3.8) is 0 Å². The number of carbonyl (C=O) groups excluding carboxylic acids is 3. The van der Waals surface area contributed by atoms with Crippen molar-refractivity contribution in [3.8, 4) is 0 Å². The monoisotopic (exact) mass is 1130 g/mol. The minimum absolute atomic E-state index is 0.0703. The van der Waals surface area contributed by atoms with E-state index < -0.39 is 6.10 Å². The molecule has 472 valence electrons. The fourth-order valence-electron chi connectivity index (χ4n) is 10.7. The van der Waals surface area contributed by atoms with Gasteiger partial charge in [-0.05, 0) is 83.5 Å². The van der Waals surface area contributed by atoms with Crippen molar-refractivity contribution in [1.82, 2.24) is 0 Å². The molecule has 6 nitrogen and oxygen atoms in total. The first kappa shape index (κ1) is 78.1. The summed E-state index contributed by atoms with van der Waals surface area (Å²) in [6.07, 6.45) is 89.6. The third kappa shape index (κ3) is 67.8. The first-order valence-electron chi connectivity index (χ1n) is 35.8. The summed E-state index contributed by atoms with van der Waals surface area (Å²) in [5, 5.41) is 0. The lowest BCUT2D eigenvalue weighted by molar-refractivity contribution is -0.167. The fourth-order valence-corrected chi connectivity index (χ4v) is 10.7. The van der Waals surface area contributed by atoms with Crippen molar-refractivity contribution in [2.75, 3.05) is 13.2 Å². The van der Waals surface area contributed by atoms with Crippen LogP contribution in [0.5, 0.6) is 0 Å². The van der Waals surface area contributed by atoms with E-state index in [0.717, 1.165) is 83.5 Å². The number of hydrogen-bond acceptors (Lipinski definition) is 6. The van der Waals surface area contributed by atoms with Crippen LogP contribution in [0.25, 0.3) is 0 Å². The molecule has 0 fully saturated rings. The number of carbonyl (C=O) groups is 3. The molecule has 1 atom stereocenters. The van der Waals surface area contributed by atoms with Crippen LogP contribution in [0, 0.1) is 0 Å². The highest BCUT2D eigenvalue weighted by Gasteiger charge is 2.19. The summed E-state index contributed by atoms with van der Waals surface area (Å²) in [6, 6.07) is 0. The van der Waals surface area contributed by atoms with E-state index in [1.54, 1.807) is 0 Å². The maximum atomic E-state index is 13.0. The molecule has 0 bridgehead atoms. The second-order valence-electron chi connectivity index (χ2n) is 24.1. The minimum Gasteiger partial charge on any atom is -0.462 e. The molecule has 0 N–H and O–H groups in total. The predicted octanol–water partition coefficient (Wildman–Crippen LogP) is 24.7. The van der Waals surface area contributed by atoms with Crippen LogP contribution < -0.4 is 0 Å². The molecule has 0 rings (SSSR count). The standard InChI is InChI=1S/C75H136O6/c1-4-7-10-13-16-19-22-25-28-31-33-35-36-37-38-40-41-44-47-50-53-56-59-62-65-68-74(77)80-71-72(70-79-73(76)67-64-61-58-55-52-49-46-43-30-27-24-21-18-15-12-9-6-3)81-75(78)69-66-63-60-57-54-51-48-45-42-39-34-32-29-26-23-20-17-14-11-8-5-2/h7,10,16,19,25,28,32-35,72H,4-6,8-9,11-15,17-18,20-24,26-27,29-31,36-71H2,1-3H3/b10-7-,19-16-,28-25-,34-32-,35-33-. The van der Waals surface area contributed by atoms with E-state index in [0.29, 0.717) is 19.3 Å². The van der Waals surface area contributed by atoms with Crippen molar-refractivity contribution in [2.24, 2.45) is 0 Å². The highest BCUT2D eigenvalue weighted by molar-refractivity contribution is 5.71. The fraction of sp³-hybridized carbons (Fsp3) is 0.827. The van der Waals surface area contributed by atoms with Crippen molar-refractivity contribution in [1.29, 1.82) is 0 Å². The van der Waals surface area contributed by atoms with Crippen LogP contribution in [-0.2, 0) is 28.6 Å². The minimum atomic E-state index is -0.776. The number of esters is 3. The summed E-state index contributed by atoms with van der Waals surface area (Å²) < 4.78 is 17.0. The van der Waals surface area contributed by atoms with E-state index in [9.17, 15) is 14.4 Å². The zero-order chi connectivity index (χ0) is 58.5. The number of allylic oxidation sites excluding steroid dienone is 10. The highest BCUT2D eigenvalue weighted by atomic mass is 16.6. The molecule has 0 amide bonds. The zero-order valence-corrected chi connectivity index (χ0v) is 54.3. The van der Waals surface area contributed by atoms with Crippen LogP contribution in [-0.4, -0.2) is 37.2 Å². The van der Waals surface area contributed by atoms with Crippen molar-refractivity contribution < 1.29 is 28.6 Å².